The van der Waals surface area contributed by atoms with Crippen molar-refractivity contribution in [2.75, 3.05) is 26.2 Å². The van der Waals surface area contributed by atoms with Gasteiger partial charge in [-0.25, -0.2) is 4.98 Å². The highest BCUT2D eigenvalue weighted by Crippen LogP contribution is 2.21. The molecule has 1 aliphatic rings. The zero-order chi connectivity index (χ0) is 16.8. The molecule has 0 radical (unpaired) electrons. The topological polar surface area (TPSA) is 59.4 Å². The van der Waals surface area contributed by atoms with Gasteiger partial charge >= 0.3 is 0 Å². The van der Waals surface area contributed by atoms with Crippen LogP contribution in [0.15, 0.2) is 42.7 Å². The second-order valence-corrected chi connectivity index (χ2v) is 5.99. The van der Waals surface area contributed by atoms with Crippen molar-refractivity contribution in [3.8, 4) is 0 Å². The fourth-order valence-corrected chi connectivity index (χ4v) is 3.00. The largest absolute Gasteiger partial charge is 0.376 e. The summed E-state index contributed by atoms with van der Waals surface area (Å²) in [7, 11) is 1.96. The molecular weight excluding hydrogens is 304 g/mol. The van der Waals surface area contributed by atoms with Crippen LogP contribution in [-0.2, 0) is 23.2 Å². The minimum Gasteiger partial charge on any atom is -0.376 e. The van der Waals surface area contributed by atoms with E-state index in [1.165, 1.54) is 0 Å². The number of rotatable bonds is 6. The Balaban J connectivity index is 1.52. The summed E-state index contributed by atoms with van der Waals surface area (Å²) in [6.45, 7) is 3.23. The Hall–Kier alpha value is -2.18. The van der Waals surface area contributed by atoms with Crippen LogP contribution >= 0.6 is 0 Å². The van der Waals surface area contributed by atoms with Crippen molar-refractivity contribution in [3.63, 3.8) is 0 Å². The molecule has 2 heterocycles. The van der Waals surface area contributed by atoms with E-state index in [-0.39, 0.29) is 11.9 Å². The molecule has 0 bridgehead atoms. The average Bonchev–Trinajstić information content (AvgIpc) is 3.05. The lowest BCUT2D eigenvalue weighted by atomic mass is 10.1. The van der Waals surface area contributed by atoms with Gasteiger partial charge in [-0.15, -0.1) is 0 Å². The monoisotopic (exact) mass is 328 g/mol. The molecule has 1 unspecified atom stereocenters. The van der Waals surface area contributed by atoms with E-state index in [9.17, 15) is 4.79 Å². The van der Waals surface area contributed by atoms with Crippen molar-refractivity contribution < 1.29 is 9.53 Å². The number of imidazole rings is 1. The molecule has 6 nitrogen and oxygen atoms in total. The molecule has 1 aromatic heterocycles. The molecule has 1 atom stereocenters. The Morgan fingerprint density at radius 2 is 2.21 bits per heavy atom. The van der Waals surface area contributed by atoms with Crippen molar-refractivity contribution >= 4 is 5.91 Å². The van der Waals surface area contributed by atoms with Crippen molar-refractivity contribution in [1.82, 2.24) is 19.8 Å². The maximum Gasteiger partial charge on any atom is 0.225 e. The third-order valence-electron chi connectivity index (χ3n) is 4.29. The van der Waals surface area contributed by atoms with Gasteiger partial charge in [0.15, 0.2) is 0 Å². The molecule has 24 heavy (non-hydrogen) atoms. The van der Waals surface area contributed by atoms with Crippen LogP contribution in [0.2, 0.25) is 0 Å². The minimum atomic E-state index is -0.0135. The maximum absolute atomic E-state index is 12.6. The van der Waals surface area contributed by atoms with Gasteiger partial charge in [0, 0.05) is 39.1 Å². The van der Waals surface area contributed by atoms with Crippen molar-refractivity contribution in [3.05, 3.63) is 54.1 Å². The number of benzene rings is 1. The first kappa shape index (κ1) is 16.7. The number of hydrogen-bond acceptors (Lipinski definition) is 4. The van der Waals surface area contributed by atoms with Crippen molar-refractivity contribution in [2.24, 2.45) is 7.05 Å². The lowest BCUT2D eigenvalue weighted by Gasteiger charge is -2.35. The lowest BCUT2D eigenvalue weighted by Crippen LogP contribution is -2.49. The van der Waals surface area contributed by atoms with Gasteiger partial charge in [-0.3, -0.25) is 4.79 Å². The fraction of sp³-hybridized carbons (Fsp3) is 0.444. The zero-order valence-corrected chi connectivity index (χ0v) is 14.0. The van der Waals surface area contributed by atoms with E-state index in [0.29, 0.717) is 26.2 Å². The molecule has 1 aliphatic heterocycles. The Bertz CT molecular complexity index is 656. The molecule has 0 saturated carbocycles. The first-order chi connectivity index (χ1) is 11.8. The van der Waals surface area contributed by atoms with Gasteiger partial charge in [0.05, 0.1) is 19.6 Å². The molecule has 3 rings (SSSR count). The van der Waals surface area contributed by atoms with E-state index in [1.807, 2.05) is 53.0 Å². The van der Waals surface area contributed by atoms with Crippen molar-refractivity contribution in [1.29, 1.82) is 0 Å². The summed E-state index contributed by atoms with van der Waals surface area (Å²) >= 11 is 0. The summed E-state index contributed by atoms with van der Waals surface area (Å²) < 4.78 is 7.62. The number of nitrogens with one attached hydrogen (secondary N) is 1. The molecule has 1 N–H and O–H groups in total. The third-order valence-corrected chi connectivity index (χ3v) is 4.29. The molecular formula is C18H24N4O2. The Kier molecular flexibility index (Phi) is 5.61. The smallest absolute Gasteiger partial charge is 0.225 e. The van der Waals surface area contributed by atoms with Crippen LogP contribution in [0.4, 0.5) is 0 Å². The van der Waals surface area contributed by atoms with E-state index in [1.54, 1.807) is 6.20 Å². The molecule has 1 fully saturated rings. The predicted octanol–water partition coefficient (Wildman–Crippen LogP) is 1.50. The van der Waals surface area contributed by atoms with Gasteiger partial charge in [-0.05, 0) is 5.56 Å². The Labute approximate surface area is 142 Å². The summed E-state index contributed by atoms with van der Waals surface area (Å²) in [6.07, 6.45) is 4.08. The molecule has 1 saturated heterocycles. The number of aryl methyl sites for hydroxylation is 1. The lowest BCUT2D eigenvalue weighted by molar-refractivity contribution is -0.136. The highest BCUT2D eigenvalue weighted by atomic mass is 16.5. The molecule has 1 aromatic carbocycles. The van der Waals surface area contributed by atoms with E-state index in [2.05, 4.69) is 10.3 Å². The van der Waals surface area contributed by atoms with Crippen LogP contribution in [0.25, 0.3) is 0 Å². The zero-order valence-electron chi connectivity index (χ0n) is 14.0. The van der Waals surface area contributed by atoms with E-state index >= 15 is 0 Å². The van der Waals surface area contributed by atoms with E-state index in [4.69, 9.17) is 4.74 Å². The first-order valence-electron chi connectivity index (χ1n) is 8.35. The third kappa shape index (κ3) is 4.01. The molecule has 128 valence electrons. The number of nitrogens with zero attached hydrogens (tertiary/aromatic N) is 3. The van der Waals surface area contributed by atoms with Crippen LogP contribution in [-0.4, -0.2) is 46.6 Å². The van der Waals surface area contributed by atoms with Crippen molar-refractivity contribution in [2.45, 2.75) is 19.1 Å². The normalized spacial score (nSPS) is 17.9. The Morgan fingerprint density at radius 3 is 2.96 bits per heavy atom. The second kappa shape index (κ2) is 8.08. The van der Waals surface area contributed by atoms with Crippen LogP contribution in [0.5, 0.6) is 0 Å². The van der Waals surface area contributed by atoms with Gasteiger partial charge in [0.25, 0.3) is 0 Å². The standard InChI is InChI=1S/C18H24N4O2/c1-21-10-9-20-18(21)16-13-19-8-11-22(16)17(23)7-12-24-14-15-5-3-2-4-6-15/h2-6,9-10,16,19H,7-8,11-14H2,1H3. The molecule has 2 aromatic rings. The SMILES string of the molecule is Cn1ccnc1C1CNCCN1C(=O)CCOCc1ccccc1. The van der Waals surface area contributed by atoms with Gasteiger partial charge < -0.3 is 19.5 Å². The van der Waals surface area contributed by atoms with Gasteiger partial charge in [0.2, 0.25) is 5.91 Å². The number of carbonyl (C=O) groups excluding carboxylic acids is 1. The Morgan fingerprint density at radius 1 is 1.38 bits per heavy atom. The van der Waals surface area contributed by atoms with Crippen LogP contribution in [0, 0.1) is 0 Å². The average molecular weight is 328 g/mol. The fourth-order valence-electron chi connectivity index (χ4n) is 3.00. The van der Waals surface area contributed by atoms with Gasteiger partial charge in [-0.1, -0.05) is 30.3 Å². The number of ether oxygens (including phenoxy) is 1. The molecule has 0 spiro atoms. The first-order valence-corrected chi connectivity index (χ1v) is 8.35. The number of amides is 1. The molecule has 1 amide bonds. The highest BCUT2D eigenvalue weighted by Gasteiger charge is 2.29. The molecule has 0 aliphatic carbocycles. The van der Waals surface area contributed by atoms with Crippen LogP contribution in [0.3, 0.4) is 0 Å². The highest BCUT2D eigenvalue weighted by molar-refractivity contribution is 5.76. The number of carbonyl (C=O) groups is 1. The number of piperazine rings is 1. The summed E-state index contributed by atoms with van der Waals surface area (Å²) in [5, 5.41) is 3.35. The number of hydrogen-bond donors (Lipinski definition) is 1. The van der Waals surface area contributed by atoms with Gasteiger partial charge in [-0.2, -0.15) is 0 Å². The predicted molar refractivity (Wildman–Crippen MR) is 91.2 cm³/mol. The van der Waals surface area contributed by atoms with E-state index < -0.39 is 0 Å². The summed E-state index contributed by atoms with van der Waals surface area (Å²) in [5.74, 6) is 1.04. The molecule has 6 heteroatoms. The quantitative estimate of drug-likeness (QED) is 0.817. The summed E-state index contributed by atoms with van der Waals surface area (Å²) in [6, 6.07) is 9.99. The maximum atomic E-state index is 12.6. The van der Waals surface area contributed by atoms with Crippen LogP contribution < -0.4 is 5.32 Å². The second-order valence-electron chi connectivity index (χ2n) is 5.99. The van der Waals surface area contributed by atoms with Crippen LogP contribution in [0.1, 0.15) is 23.9 Å². The summed E-state index contributed by atoms with van der Waals surface area (Å²) in [4.78, 5) is 18.9. The van der Waals surface area contributed by atoms with Gasteiger partial charge in [0.1, 0.15) is 11.9 Å². The number of aromatic nitrogens is 2. The summed E-state index contributed by atoms with van der Waals surface area (Å²) in [5.41, 5.74) is 1.12. The minimum absolute atomic E-state index is 0.0135. The van der Waals surface area contributed by atoms with E-state index in [0.717, 1.165) is 24.5 Å².